The summed E-state index contributed by atoms with van der Waals surface area (Å²) in [6, 6.07) is 10.2. The second-order valence-electron chi connectivity index (χ2n) is 4.85. The van der Waals surface area contributed by atoms with Gasteiger partial charge < -0.3 is 5.32 Å². The van der Waals surface area contributed by atoms with Crippen molar-refractivity contribution >= 4 is 33.2 Å². The predicted molar refractivity (Wildman–Crippen MR) is 87.1 cm³/mol. The minimum atomic E-state index is 0.736. The number of rotatable bonds is 3. The highest BCUT2D eigenvalue weighted by Gasteiger charge is 2.05. The van der Waals surface area contributed by atoms with Crippen LogP contribution < -0.4 is 5.32 Å². The van der Waals surface area contributed by atoms with Gasteiger partial charge in [-0.1, -0.05) is 29.3 Å². The average Bonchev–Trinajstić information content (AvgIpc) is 2.30. The van der Waals surface area contributed by atoms with Crippen LogP contribution in [0.3, 0.4) is 0 Å². The molecular weight excluding hydrogens is 322 g/mol. The van der Waals surface area contributed by atoms with Crippen molar-refractivity contribution in [3.8, 4) is 0 Å². The van der Waals surface area contributed by atoms with E-state index in [1.54, 1.807) is 0 Å². The zero-order valence-corrected chi connectivity index (χ0v) is 13.7. The molecule has 0 aliphatic carbocycles. The first-order chi connectivity index (χ1) is 8.97. The van der Waals surface area contributed by atoms with Crippen LogP contribution in [-0.4, -0.2) is 0 Å². The molecule has 0 aromatic heterocycles. The summed E-state index contributed by atoms with van der Waals surface area (Å²) in [6.45, 7) is 7.27. The van der Waals surface area contributed by atoms with Crippen LogP contribution in [0.5, 0.6) is 0 Å². The standard InChI is InChI=1S/C16H17BrClN/c1-10-6-11(2)14(12(3)7-10)9-19-16-5-4-13(18)8-15(16)17/h4-8,19H,9H2,1-3H3. The molecule has 0 saturated heterocycles. The highest BCUT2D eigenvalue weighted by atomic mass is 79.9. The molecule has 0 aliphatic rings. The van der Waals surface area contributed by atoms with Crippen molar-refractivity contribution in [1.29, 1.82) is 0 Å². The van der Waals surface area contributed by atoms with E-state index in [0.717, 1.165) is 21.7 Å². The van der Waals surface area contributed by atoms with E-state index in [0.29, 0.717) is 0 Å². The zero-order valence-electron chi connectivity index (χ0n) is 11.3. The lowest BCUT2D eigenvalue weighted by Crippen LogP contribution is -2.04. The maximum Gasteiger partial charge on any atom is 0.0488 e. The monoisotopic (exact) mass is 337 g/mol. The van der Waals surface area contributed by atoms with Crippen LogP contribution in [0.15, 0.2) is 34.8 Å². The SMILES string of the molecule is Cc1cc(C)c(CNc2ccc(Cl)cc2Br)c(C)c1. The van der Waals surface area contributed by atoms with Gasteiger partial charge in [0.25, 0.3) is 0 Å². The van der Waals surface area contributed by atoms with Gasteiger partial charge in [-0.2, -0.15) is 0 Å². The number of aryl methyl sites for hydroxylation is 3. The Morgan fingerprint density at radius 1 is 1.05 bits per heavy atom. The maximum atomic E-state index is 5.94. The minimum absolute atomic E-state index is 0.736. The van der Waals surface area contributed by atoms with Crippen molar-refractivity contribution in [3.63, 3.8) is 0 Å². The normalized spacial score (nSPS) is 10.6. The maximum absolute atomic E-state index is 5.94. The number of nitrogens with one attached hydrogen (secondary N) is 1. The van der Waals surface area contributed by atoms with Gasteiger partial charge in [-0.25, -0.2) is 0 Å². The first kappa shape index (κ1) is 14.4. The molecule has 0 saturated carbocycles. The van der Waals surface area contributed by atoms with E-state index in [9.17, 15) is 0 Å². The molecule has 100 valence electrons. The Hall–Kier alpha value is -0.990. The largest absolute Gasteiger partial charge is 0.380 e. The Morgan fingerprint density at radius 3 is 2.26 bits per heavy atom. The summed E-state index contributed by atoms with van der Waals surface area (Å²) in [7, 11) is 0. The summed E-state index contributed by atoms with van der Waals surface area (Å²) in [5.74, 6) is 0. The third kappa shape index (κ3) is 3.52. The predicted octanol–water partition coefficient (Wildman–Crippen LogP) is 5.64. The summed E-state index contributed by atoms with van der Waals surface area (Å²) in [5, 5.41) is 4.19. The van der Waals surface area contributed by atoms with Crippen molar-refractivity contribution < 1.29 is 0 Å². The number of hydrogen-bond acceptors (Lipinski definition) is 1. The first-order valence-electron chi connectivity index (χ1n) is 6.23. The molecule has 2 aromatic rings. The van der Waals surface area contributed by atoms with E-state index in [1.165, 1.54) is 22.3 Å². The van der Waals surface area contributed by atoms with Gasteiger partial charge in [0.2, 0.25) is 0 Å². The van der Waals surface area contributed by atoms with Gasteiger partial charge in [0.15, 0.2) is 0 Å². The van der Waals surface area contributed by atoms with Crippen molar-refractivity contribution in [1.82, 2.24) is 0 Å². The van der Waals surface area contributed by atoms with Gasteiger partial charge in [0.1, 0.15) is 0 Å². The van der Waals surface area contributed by atoms with E-state index >= 15 is 0 Å². The molecule has 0 aliphatic heterocycles. The lowest BCUT2D eigenvalue weighted by molar-refractivity contribution is 1.08. The molecule has 0 bridgehead atoms. The van der Waals surface area contributed by atoms with Gasteiger partial charge in [0, 0.05) is 21.7 Å². The molecule has 0 fully saturated rings. The highest BCUT2D eigenvalue weighted by molar-refractivity contribution is 9.10. The van der Waals surface area contributed by atoms with Crippen LogP contribution in [0.4, 0.5) is 5.69 Å². The molecular formula is C16H17BrClN. The Balaban J connectivity index is 2.19. The number of benzene rings is 2. The van der Waals surface area contributed by atoms with Crippen molar-refractivity contribution in [2.45, 2.75) is 27.3 Å². The fourth-order valence-electron chi connectivity index (χ4n) is 2.31. The van der Waals surface area contributed by atoms with Crippen LogP contribution in [0.25, 0.3) is 0 Å². The molecule has 0 radical (unpaired) electrons. The van der Waals surface area contributed by atoms with E-state index < -0.39 is 0 Å². The molecule has 0 amide bonds. The molecule has 0 atom stereocenters. The van der Waals surface area contributed by atoms with E-state index in [1.807, 2.05) is 18.2 Å². The Bertz CT molecular complexity index is 585. The summed E-state index contributed by atoms with van der Waals surface area (Å²) >= 11 is 9.47. The molecule has 0 unspecified atom stereocenters. The highest BCUT2D eigenvalue weighted by Crippen LogP contribution is 2.27. The minimum Gasteiger partial charge on any atom is -0.380 e. The zero-order chi connectivity index (χ0) is 14.0. The Labute approximate surface area is 128 Å². The second kappa shape index (κ2) is 5.98. The first-order valence-corrected chi connectivity index (χ1v) is 7.40. The average molecular weight is 339 g/mol. The van der Waals surface area contributed by atoms with Gasteiger partial charge >= 0.3 is 0 Å². The quantitative estimate of drug-likeness (QED) is 0.763. The second-order valence-corrected chi connectivity index (χ2v) is 6.15. The van der Waals surface area contributed by atoms with Crippen LogP contribution in [0, 0.1) is 20.8 Å². The smallest absolute Gasteiger partial charge is 0.0488 e. The summed E-state index contributed by atoms with van der Waals surface area (Å²) in [4.78, 5) is 0. The van der Waals surface area contributed by atoms with Gasteiger partial charge in [0.05, 0.1) is 0 Å². The lowest BCUT2D eigenvalue weighted by Gasteiger charge is -2.14. The van der Waals surface area contributed by atoms with Gasteiger partial charge in [-0.3, -0.25) is 0 Å². The van der Waals surface area contributed by atoms with Crippen molar-refractivity contribution in [2.24, 2.45) is 0 Å². The number of hydrogen-bond donors (Lipinski definition) is 1. The molecule has 0 spiro atoms. The van der Waals surface area contributed by atoms with E-state index in [-0.39, 0.29) is 0 Å². The summed E-state index contributed by atoms with van der Waals surface area (Å²) in [6.07, 6.45) is 0. The fourth-order valence-corrected chi connectivity index (χ4v) is 3.13. The lowest BCUT2D eigenvalue weighted by atomic mass is 10.00. The van der Waals surface area contributed by atoms with Crippen molar-refractivity contribution in [3.05, 3.63) is 62.1 Å². The number of halogens is 2. The van der Waals surface area contributed by atoms with Crippen LogP contribution in [0.2, 0.25) is 5.02 Å². The van der Waals surface area contributed by atoms with Gasteiger partial charge in [-0.15, -0.1) is 0 Å². The fraction of sp³-hybridized carbons (Fsp3) is 0.250. The molecule has 1 nitrogen and oxygen atoms in total. The van der Waals surface area contributed by atoms with Crippen molar-refractivity contribution in [2.75, 3.05) is 5.32 Å². The van der Waals surface area contributed by atoms with Crippen LogP contribution in [0.1, 0.15) is 22.3 Å². The summed E-state index contributed by atoms with van der Waals surface area (Å²) in [5.41, 5.74) is 6.38. The van der Waals surface area contributed by atoms with E-state index in [4.69, 9.17) is 11.6 Å². The topological polar surface area (TPSA) is 12.0 Å². The molecule has 3 heteroatoms. The third-order valence-corrected chi connectivity index (χ3v) is 4.12. The van der Waals surface area contributed by atoms with Gasteiger partial charge in [-0.05, 0) is 71.6 Å². The number of anilines is 1. The summed E-state index contributed by atoms with van der Waals surface area (Å²) < 4.78 is 0.988. The van der Waals surface area contributed by atoms with Crippen LogP contribution >= 0.6 is 27.5 Å². The third-order valence-electron chi connectivity index (χ3n) is 3.23. The van der Waals surface area contributed by atoms with E-state index in [2.05, 4.69) is 54.2 Å². The molecule has 0 heterocycles. The van der Waals surface area contributed by atoms with Crippen LogP contribution in [-0.2, 0) is 6.54 Å². The Kier molecular flexibility index (Phi) is 4.54. The molecule has 2 rings (SSSR count). The Morgan fingerprint density at radius 2 is 1.68 bits per heavy atom. The molecule has 1 N–H and O–H groups in total. The molecule has 19 heavy (non-hydrogen) atoms. The molecule has 2 aromatic carbocycles.